The van der Waals surface area contributed by atoms with Gasteiger partial charge in [0.1, 0.15) is 0 Å². The Balaban J connectivity index is 2.32. The van der Waals surface area contributed by atoms with E-state index < -0.39 is 21.9 Å². The smallest absolute Gasteiger partial charge is 0.306 e. The number of likely N-dealkylation sites (tertiary alicyclic amines) is 1. The molecule has 0 atom stereocenters. The van der Waals surface area contributed by atoms with Crippen molar-refractivity contribution in [1.29, 1.82) is 0 Å². The number of hydrogen-bond acceptors (Lipinski definition) is 6. The number of sulfonamides is 1. The highest BCUT2D eigenvalue weighted by atomic mass is 32.2. The van der Waals surface area contributed by atoms with Gasteiger partial charge in [0.25, 0.3) is 5.91 Å². The number of nitrogens with one attached hydrogen (secondary N) is 1. The van der Waals surface area contributed by atoms with Gasteiger partial charge in [-0.15, -0.1) is 0 Å². The fraction of sp³-hybridized carbons (Fsp3) is 0.500. The zero-order valence-corrected chi connectivity index (χ0v) is 15.6. The van der Waals surface area contributed by atoms with Gasteiger partial charge in [-0.2, -0.15) is 0 Å². The molecule has 26 heavy (non-hydrogen) atoms. The molecule has 0 aliphatic carbocycles. The summed E-state index contributed by atoms with van der Waals surface area (Å²) >= 11 is 0. The zero-order chi connectivity index (χ0) is 19.5. The molecular weight excluding hydrogens is 364 g/mol. The first-order chi connectivity index (χ1) is 12.2. The third-order valence-electron chi connectivity index (χ3n) is 4.15. The Morgan fingerprint density at radius 3 is 2.27 bits per heavy atom. The second-order valence-electron chi connectivity index (χ2n) is 6.04. The van der Waals surface area contributed by atoms with Crippen molar-refractivity contribution in [3.8, 4) is 11.5 Å². The monoisotopic (exact) mass is 386 g/mol. The fourth-order valence-electron chi connectivity index (χ4n) is 2.88. The van der Waals surface area contributed by atoms with Crippen LogP contribution in [0.3, 0.4) is 0 Å². The Kier molecular flexibility index (Phi) is 5.96. The maximum atomic E-state index is 12.8. The van der Waals surface area contributed by atoms with Crippen molar-refractivity contribution < 1.29 is 32.6 Å². The van der Waals surface area contributed by atoms with Crippen LogP contribution in [0.4, 0.5) is 5.69 Å². The lowest BCUT2D eigenvalue weighted by molar-refractivity contribution is -0.143. The first-order valence-electron chi connectivity index (χ1n) is 7.92. The molecule has 1 aromatic carbocycles. The van der Waals surface area contributed by atoms with E-state index in [1.807, 2.05) is 0 Å². The number of aliphatic carboxylic acids is 1. The predicted octanol–water partition coefficient (Wildman–Crippen LogP) is 1.01. The van der Waals surface area contributed by atoms with Gasteiger partial charge in [-0.1, -0.05) is 0 Å². The second-order valence-corrected chi connectivity index (χ2v) is 7.79. The summed E-state index contributed by atoms with van der Waals surface area (Å²) in [5.41, 5.74) is 0.320. The third-order valence-corrected chi connectivity index (χ3v) is 4.74. The third kappa shape index (κ3) is 4.57. The van der Waals surface area contributed by atoms with E-state index in [2.05, 4.69) is 4.72 Å². The molecule has 2 N–H and O–H groups in total. The highest BCUT2D eigenvalue weighted by Crippen LogP contribution is 2.37. The number of carboxylic acid groups (broad SMARTS) is 1. The number of amides is 1. The first kappa shape index (κ1) is 19.8. The molecule has 0 saturated carbocycles. The molecule has 1 aliphatic heterocycles. The Hall–Kier alpha value is -2.49. The molecule has 2 rings (SSSR count). The number of carbonyl (C=O) groups excluding carboxylic acids is 1. The van der Waals surface area contributed by atoms with Crippen LogP contribution in [0.15, 0.2) is 12.1 Å². The minimum absolute atomic E-state index is 0.0955. The average molecular weight is 386 g/mol. The van der Waals surface area contributed by atoms with E-state index in [-0.39, 0.29) is 28.7 Å². The molecule has 1 fully saturated rings. The van der Waals surface area contributed by atoms with E-state index in [0.717, 1.165) is 6.26 Å². The van der Waals surface area contributed by atoms with Crippen LogP contribution in [0.2, 0.25) is 0 Å². The van der Waals surface area contributed by atoms with E-state index in [9.17, 15) is 18.0 Å². The van der Waals surface area contributed by atoms with Crippen LogP contribution in [0.5, 0.6) is 11.5 Å². The number of ether oxygens (including phenoxy) is 2. The number of carbonyl (C=O) groups is 2. The number of nitrogens with zero attached hydrogens (tertiary/aromatic N) is 1. The molecule has 0 radical (unpaired) electrons. The molecule has 1 saturated heterocycles. The van der Waals surface area contributed by atoms with Crippen LogP contribution in [-0.4, -0.2) is 63.9 Å². The number of hydrogen-bond donors (Lipinski definition) is 2. The highest BCUT2D eigenvalue weighted by Gasteiger charge is 2.28. The number of rotatable bonds is 6. The summed E-state index contributed by atoms with van der Waals surface area (Å²) in [6.45, 7) is 0.637. The first-order valence-corrected chi connectivity index (χ1v) is 9.81. The molecule has 0 aromatic heterocycles. The molecule has 0 spiro atoms. The summed E-state index contributed by atoms with van der Waals surface area (Å²) < 4.78 is 35.9. The topological polar surface area (TPSA) is 122 Å². The highest BCUT2D eigenvalue weighted by molar-refractivity contribution is 7.92. The predicted molar refractivity (Wildman–Crippen MR) is 94.3 cm³/mol. The van der Waals surface area contributed by atoms with Crippen molar-refractivity contribution in [1.82, 2.24) is 4.90 Å². The molecule has 0 unspecified atom stereocenters. The summed E-state index contributed by atoms with van der Waals surface area (Å²) in [6, 6.07) is 2.85. The second kappa shape index (κ2) is 7.81. The van der Waals surface area contributed by atoms with E-state index in [4.69, 9.17) is 14.6 Å². The molecule has 1 heterocycles. The van der Waals surface area contributed by atoms with Gasteiger partial charge in [-0.05, 0) is 25.0 Å². The van der Waals surface area contributed by atoms with Crippen LogP contribution in [0.1, 0.15) is 23.2 Å². The summed E-state index contributed by atoms with van der Waals surface area (Å²) in [4.78, 5) is 25.3. The van der Waals surface area contributed by atoms with Crippen molar-refractivity contribution in [2.24, 2.45) is 5.92 Å². The van der Waals surface area contributed by atoms with Gasteiger partial charge in [0, 0.05) is 18.7 Å². The van der Waals surface area contributed by atoms with Crippen molar-refractivity contribution in [3.05, 3.63) is 17.7 Å². The van der Waals surface area contributed by atoms with Crippen molar-refractivity contribution in [3.63, 3.8) is 0 Å². The van der Waals surface area contributed by atoms with Gasteiger partial charge < -0.3 is 19.5 Å². The fourth-order valence-corrected chi connectivity index (χ4v) is 3.43. The van der Waals surface area contributed by atoms with Gasteiger partial charge in [0.15, 0.2) is 11.5 Å². The molecule has 0 bridgehead atoms. The van der Waals surface area contributed by atoms with Crippen molar-refractivity contribution in [2.45, 2.75) is 12.8 Å². The largest absolute Gasteiger partial charge is 0.493 e. The standard InChI is InChI=1S/C16H22N2O7S/c1-24-13-9-11(8-12(14(13)25-2)17-26(3,22)23)15(19)18-6-4-10(5-7-18)16(20)21/h8-10,17H,4-7H2,1-3H3,(H,20,21). The normalized spacial score (nSPS) is 15.4. The molecule has 9 nitrogen and oxygen atoms in total. The SMILES string of the molecule is COc1cc(C(=O)N2CCC(C(=O)O)CC2)cc(NS(C)(=O)=O)c1OC. The molecule has 1 aromatic rings. The summed E-state index contributed by atoms with van der Waals surface area (Å²) in [5.74, 6) is -1.26. The minimum atomic E-state index is -3.59. The molecule has 1 aliphatic rings. The van der Waals surface area contributed by atoms with Gasteiger partial charge in [0.2, 0.25) is 10.0 Å². The number of carboxylic acids is 1. The van der Waals surface area contributed by atoms with E-state index in [1.54, 1.807) is 4.90 Å². The Morgan fingerprint density at radius 1 is 1.19 bits per heavy atom. The lowest BCUT2D eigenvalue weighted by Crippen LogP contribution is -2.40. The van der Waals surface area contributed by atoms with Crippen molar-refractivity contribution >= 4 is 27.6 Å². The quantitative estimate of drug-likeness (QED) is 0.748. The maximum absolute atomic E-state index is 12.8. The van der Waals surface area contributed by atoms with Crippen molar-refractivity contribution in [2.75, 3.05) is 38.3 Å². The van der Waals surface area contributed by atoms with E-state index in [0.29, 0.717) is 25.9 Å². The number of piperidine rings is 1. The van der Waals surface area contributed by atoms with Crippen LogP contribution >= 0.6 is 0 Å². The lowest BCUT2D eigenvalue weighted by Gasteiger charge is -2.30. The van der Waals surface area contributed by atoms with Crippen LogP contribution < -0.4 is 14.2 Å². The lowest BCUT2D eigenvalue weighted by atomic mass is 9.96. The van der Waals surface area contributed by atoms with Gasteiger partial charge >= 0.3 is 5.97 Å². The summed E-state index contributed by atoms with van der Waals surface area (Å²) in [5, 5.41) is 9.05. The van der Waals surface area contributed by atoms with Crippen LogP contribution in [0.25, 0.3) is 0 Å². The van der Waals surface area contributed by atoms with Gasteiger partial charge in [-0.25, -0.2) is 8.42 Å². The Morgan fingerprint density at radius 2 is 1.81 bits per heavy atom. The molecule has 1 amide bonds. The van der Waals surface area contributed by atoms with E-state index >= 15 is 0 Å². The number of anilines is 1. The van der Waals surface area contributed by atoms with Crippen LogP contribution in [-0.2, 0) is 14.8 Å². The van der Waals surface area contributed by atoms with E-state index in [1.165, 1.54) is 26.4 Å². The van der Waals surface area contributed by atoms with Gasteiger partial charge in [-0.3, -0.25) is 14.3 Å². The Labute approximate surface area is 151 Å². The molecule has 144 valence electrons. The minimum Gasteiger partial charge on any atom is -0.493 e. The van der Waals surface area contributed by atoms with Crippen LogP contribution in [0, 0.1) is 5.92 Å². The number of methoxy groups -OCH3 is 2. The summed E-state index contributed by atoms with van der Waals surface area (Å²) in [7, 11) is -0.846. The van der Waals surface area contributed by atoms with Gasteiger partial charge in [0.05, 0.1) is 32.1 Å². The Bertz CT molecular complexity index is 799. The average Bonchev–Trinajstić information content (AvgIpc) is 2.59. The molecule has 10 heteroatoms. The number of benzene rings is 1. The maximum Gasteiger partial charge on any atom is 0.306 e. The zero-order valence-electron chi connectivity index (χ0n) is 14.8. The summed E-state index contributed by atoms with van der Waals surface area (Å²) in [6.07, 6.45) is 1.75. The molecular formula is C16H22N2O7S.